The first kappa shape index (κ1) is 16.8. The molecule has 0 aliphatic carbocycles. The van der Waals surface area contributed by atoms with Gasteiger partial charge < -0.3 is 15.2 Å². The quantitative estimate of drug-likeness (QED) is 0.857. The van der Waals surface area contributed by atoms with Crippen molar-refractivity contribution in [1.82, 2.24) is 0 Å². The maximum Gasteiger partial charge on any atom is 0.338 e. The molecule has 2 N–H and O–H groups in total. The Labute approximate surface area is 137 Å². The summed E-state index contributed by atoms with van der Waals surface area (Å²) in [7, 11) is 0. The lowest BCUT2D eigenvalue weighted by Gasteiger charge is -2.27. The molecule has 1 atom stereocenters. The van der Waals surface area contributed by atoms with E-state index in [-0.39, 0.29) is 40.0 Å². The smallest absolute Gasteiger partial charge is 0.338 e. The van der Waals surface area contributed by atoms with E-state index in [1.807, 2.05) is 6.07 Å². The molecule has 2 rings (SSSR count). The fourth-order valence-electron chi connectivity index (χ4n) is 2.41. The van der Waals surface area contributed by atoms with Gasteiger partial charge in [-0.1, -0.05) is 23.7 Å². The predicted molar refractivity (Wildman–Crippen MR) is 81.4 cm³/mol. The number of halogens is 2. The summed E-state index contributed by atoms with van der Waals surface area (Å²) >= 11 is 5.82. The van der Waals surface area contributed by atoms with Crippen molar-refractivity contribution in [3.8, 4) is 6.07 Å². The highest BCUT2D eigenvalue weighted by Crippen LogP contribution is 2.41. The molecule has 1 aliphatic rings. The molecule has 0 fully saturated rings. The molecule has 0 saturated carbocycles. The fourth-order valence-corrected chi connectivity index (χ4v) is 2.59. The van der Waals surface area contributed by atoms with Gasteiger partial charge in [0.15, 0.2) is 0 Å². The Morgan fingerprint density at radius 3 is 2.87 bits per heavy atom. The van der Waals surface area contributed by atoms with E-state index in [0.29, 0.717) is 0 Å². The standard InChI is InChI=1S/C16H14ClFN2O3/c1-3-22-16(21)12-8(2)23-15(20)10(7-19)13(12)9-5-4-6-11(17)14(9)18/h4-6,13H,3,20H2,1-2H3. The van der Waals surface area contributed by atoms with Crippen molar-refractivity contribution in [2.75, 3.05) is 6.61 Å². The number of nitriles is 1. The summed E-state index contributed by atoms with van der Waals surface area (Å²) in [6.45, 7) is 3.27. The topological polar surface area (TPSA) is 85.3 Å². The van der Waals surface area contributed by atoms with Crippen LogP contribution in [0.4, 0.5) is 4.39 Å². The monoisotopic (exact) mass is 336 g/mol. The SMILES string of the molecule is CCOC(=O)C1=C(C)OC(N)=C(C#N)C1c1cccc(Cl)c1F. The van der Waals surface area contributed by atoms with E-state index < -0.39 is 17.7 Å². The lowest BCUT2D eigenvalue weighted by Crippen LogP contribution is -2.26. The van der Waals surface area contributed by atoms with Gasteiger partial charge in [-0.3, -0.25) is 0 Å². The number of ether oxygens (including phenoxy) is 2. The van der Waals surface area contributed by atoms with Gasteiger partial charge in [0.25, 0.3) is 0 Å². The molecule has 1 aromatic rings. The molecule has 23 heavy (non-hydrogen) atoms. The number of nitrogens with zero attached hydrogens (tertiary/aromatic N) is 1. The molecule has 120 valence electrons. The summed E-state index contributed by atoms with van der Waals surface area (Å²) in [6, 6.07) is 6.21. The van der Waals surface area contributed by atoms with Crippen molar-refractivity contribution >= 4 is 17.6 Å². The van der Waals surface area contributed by atoms with Crippen LogP contribution >= 0.6 is 11.6 Å². The number of carbonyl (C=O) groups is 1. The van der Waals surface area contributed by atoms with E-state index in [1.165, 1.54) is 25.1 Å². The molecular formula is C16H14ClFN2O3. The van der Waals surface area contributed by atoms with E-state index >= 15 is 0 Å². The van der Waals surface area contributed by atoms with Crippen molar-refractivity contribution in [3.05, 3.63) is 57.4 Å². The third kappa shape index (κ3) is 3.01. The Bertz CT molecular complexity index is 765. The van der Waals surface area contributed by atoms with Gasteiger partial charge in [-0.05, 0) is 19.9 Å². The number of hydrogen-bond donors (Lipinski definition) is 1. The average Bonchev–Trinajstić information content (AvgIpc) is 2.49. The van der Waals surface area contributed by atoms with Gasteiger partial charge in [-0.25, -0.2) is 9.18 Å². The van der Waals surface area contributed by atoms with E-state index in [1.54, 1.807) is 6.92 Å². The molecule has 5 nitrogen and oxygen atoms in total. The number of benzene rings is 1. The number of allylic oxidation sites excluding steroid dienone is 2. The van der Waals surface area contributed by atoms with Gasteiger partial charge in [0.1, 0.15) is 23.2 Å². The van der Waals surface area contributed by atoms with E-state index in [9.17, 15) is 14.4 Å². The Morgan fingerprint density at radius 2 is 2.26 bits per heavy atom. The molecule has 0 saturated heterocycles. The lowest BCUT2D eigenvalue weighted by molar-refractivity contribution is -0.139. The third-order valence-electron chi connectivity index (χ3n) is 3.39. The van der Waals surface area contributed by atoms with Crippen LogP contribution in [0, 0.1) is 17.1 Å². The van der Waals surface area contributed by atoms with Crippen LogP contribution < -0.4 is 5.73 Å². The Hall–Kier alpha value is -2.52. The zero-order valence-corrected chi connectivity index (χ0v) is 13.3. The summed E-state index contributed by atoms with van der Waals surface area (Å²) in [4.78, 5) is 12.3. The summed E-state index contributed by atoms with van der Waals surface area (Å²) in [6.07, 6.45) is 0. The summed E-state index contributed by atoms with van der Waals surface area (Å²) in [5.74, 6) is -2.48. The first-order chi connectivity index (χ1) is 10.9. The van der Waals surface area contributed by atoms with Crippen molar-refractivity contribution in [3.63, 3.8) is 0 Å². The van der Waals surface area contributed by atoms with Crippen molar-refractivity contribution in [2.45, 2.75) is 19.8 Å². The number of esters is 1. The highest BCUT2D eigenvalue weighted by atomic mass is 35.5. The highest BCUT2D eigenvalue weighted by molar-refractivity contribution is 6.30. The Kier molecular flexibility index (Phi) is 4.92. The maximum absolute atomic E-state index is 14.5. The molecule has 1 aliphatic heterocycles. The largest absolute Gasteiger partial charge is 0.463 e. The van der Waals surface area contributed by atoms with E-state index in [4.69, 9.17) is 26.8 Å². The van der Waals surface area contributed by atoms with E-state index in [0.717, 1.165) is 0 Å². The van der Waals surface area contributed by atoms with Gasteiger partial charge in [-0.2, -0.15) is 5.26 Å². The molecule has 1 aromatic carbocycles. The van der Waals surface area contributed by atoms with Crippen LogP contribution in [-0.4, -0.2) is 12.6 Å². The van der Waals surface area contributed by atoms with Gasteiger partial charge >= 0.3 is 5.97 Å². The average molecular weight is 337 g/mol. The number of hydrogen-bond acceptors (Lipinski definition) is 5. The molecule has 7 heteroatoms. The Balaban J connectivity index is 2.69. The van der Waals surface area contributed by atoms with Gasteiger partial charge in [0.2, 0.25) is 5.88 Å². The van der Waals surface area contributed by atoms with Crippen LogP contribution in [0.2, 0.25) is 5.02 Å². The summed E-state index contributed by atoms with van der Waals surface area (Å²) in [5, 5.41) is 9.25. The second kappa shape index (κ2) is 6.71. The maximum atomic E-state index is 14.5. The van der Waals surface area contributed by atoms with Crippen LogP contribution in [-0.2, 0) is 14.3 Å². The predicted octanol–water partition coefficient (Wildman–Crippen LogP) is 3.12. The number of nitrogens with two attached hydrogens (primary N) is 1. The van der Waals surface area contributed by atoms with E-state index in [2.05, 4.69) is 0 Å². The normalized spacial score (nSPS) is 17.6. The molecule has 0 radical (unpaired) electrons. The lowest BCUT2D eigenvalue weighted by atomic mass is 9.83. The van der Waals surface area contributed by atoms with Crippen molar-refractivity contribution in [2.24, 2.45) is 5.73 Å². The molecular weight excluding hydrogens is 323 g/mol. The highest BCUT2D eigenvalue weighted by Gasteiger charge is 2.37. The van der Waals surface area contributed by atoms with Crippen LogP contribution in [0.15, 0.2) is 41.0 Å². The number of rotatable bonds is 3. The molecule has 0 amide bonds. The minimum absolute atomic E-state index is 0.0266. The minimum atomic E-state index is -1.04. The molecule has 1 heterocycles. The molecule has 0 aromatic heterocycles. The summed E-state index contributed by atoms with van der Waals surface area (Å²) in [5.41, 5.74) is 5.74. The van der Waals surface area contributed by atoms with Gasteiger partial charge in [-0.15, -0.1) is 0 Å². The van der Waals surface area contributed by atoms with Gasteiger partial charge in [0, 0.05) is 5.56 Å². The van der Waals surface area contributed by atoms with Crippen molar-refractivity contribution in [1.29, 1.82) is 5.26 Å². The fraction of sp³-hybridized carbons (Fsp3) is 0.250. The molecule has 0 spiro atoms. The zero-order valence-electron chi connectivity index (χ0n) is 12.5. The number of carbonyl (C=O) groups excluding carboxylic acids is 1. The third-order valence-corrected chi connectivity index (χ3v) is 3.69. The molecule has 1 unspecified atom stereocenters. The van der Waals surface area contributed by atoms with Crippen LogP contribution in [0.3, 0.4) is 0 Å². The first-order valence-corrected chi connectivity index (χ1v) is 7.19. The minimum Gasteiger partial charge on any atom is -0.463 e. The molecule has 0 bridgehead atoms. The van der Waals surface area contributed by atoms with Crippen LogP contribution in [0.1, 0.15) is 25.3 Å². The summed E-state index contributed by atoms with van der Waals surface area (Å²) < 4.78 is 24.7. The Morgan fingerprint density at radius 1 is 1.57 bits per heavy atom. The van der Waals surface area contributed by atoms with Crippen LogP contribution in [0.5, 0.6) is 0 Å². The second-order valence-electron chi connectivity index (χ2n) is 4.76. The van der Waals surface area contributed by atoms with Crippen LogP contribution in [0.25, 0.3) is 0 Å². The zero-order chi connectivity index (χ0) is 17.1. The van der Waals surface area contributed by atoms with Crippen molar-refractivity contribution < 1.29 is 18.7 Å². The first-order valence-electron chi connectivity index (χ1n) is 6.81. The van der Waals surface area contributed by atoms with Gasteiger partial charge in [0.05, 0.1) is 23.1 Å². The second-order valence-corrected chi connectivity index (χ2v) is 5.17.